The molecule has 1 aromatic rings. The second kappa shape index (κ2) is 6.61. The molecule has 100 valence electrons. The van der Waals surface area contributed by atoms with Crippen LogP contribution in [0.1, 0.15) is 23.7 Å². The number of nitrogens with one attached hydrogen (secondary N) is 1. The predicted molar refractivity (Wildman–Crippen MR) is 73.2 cm³/mol. The first kappa shape index (κ1) is 14.8. The molecule has 0 aliphatic carbocycles. The molecule has 0 saturated heterocycles. The van der Waals surface area contributed by atoms with E-state index >= 15 is 0 Å². The summed E-state index contributed by atoms with van der Waals surface area (Å²) in [6.45, 7) is 2.83. The maximum absolute atomic E-state index is 11.9. The van der Waals surface area contributed by atoms with E-state index in [1.807, 2.05) is 21.0 Å². The summed E-state index contributed by atoms with van der Waals surface area (Å²) in [4.78, 5) is 14.0. The van der Waals surface area contributed by atoms with Crippen LogP contribution in [0.3, 0.4) is 0 Å². The van der Waals surface area contributed by atoms with E-state index in [1.165, 1.54) is 12.1 Å². The summed E-state index contributed by atoms with van der Waals surface area (Å²) in [5, 5.41) is 12.9. The van der Waals surface area contributed by atoms with Crippen molar-refractivity contribution in [2.45, 2.75) is 19.4 Å². The Morgan fingerprint density at radius 2 is 2.17 bits per heavy atom. The number of halogens is 1. The summed E-state index contributed by atoms with van der Waals surface area (Å²) in [7, 11) is 3.97. The fourth-order valence-electron chi connectivity index (χ4n) is 1.52. The Labute approximate surface area is 113 Å². The third kappa shape index (κ3) is 4.55. The fraction of sp³-hybridized carbons (Fsp3) is 0.462. The number of phenols is 1. The Morgan fingerprint density at radius 1 is 1.50 bits per heavy atom. The van der Waals surface area contributed by atoms with Crippen LogP contribution in [0.4, 0.5) is 0 Å². The molecular formula is C13H19ClN2O2. The van der Waals surface area contributed by atoms with Crippen molar-refractivity contribution in [3.8, 4) is 5.75 Å². The van der Waals surface area contributed by atoms with Gasteiger partial charge in [-0.25, -0.2) is 0 Å². The zero-order valence-corrected chi connectivity index (χ0v) is 11.7. The summed E-state index contributed by atoms with van der Waals surface area (Å²) in [5.74, 6) is -0.363. The van der Waals surface area contributed by atoms with Crippen LogP contribution in [-0.4, -0.2) is 42.6 Å². The molecule has 18 heavy (non-hydrogen) atoms. The Bertz CT molecular complexity index is 421. The summed E-state index contributed by atoms with van der Waals surface area (Å²) in [6, 6.07) is 4.47. The Balaban J connectivity index is 2.62. The molecule has 0 aromatic heterocycles. The molecule has 4 nitrogen and oxygen atoms in total. The van der Waals surface area contributed by atoms with Crippen LogP contribution in [-0.2, 0) is 0 Å². The van der Waals surface area contributed by atoms with Gasteiger partial charge in [-0.2, -0.15) is 0 Å². The first-order valence-corrected chi connectivity index (χ1v) is 6.22. The van der Waals surface area contributed by atoms with Crippen molar-refractivity contribution >= 4 is 17.5 Å². The Hall–Kier alpha value is -1.26. The van der Waals surface area contributed by atoms with Crippen LogP contribution >= 0.6 is 11.6 Å². The third-order valence-electron chi connectivity index (χ3n) is 2.59. The van der Waals surface area contributed by atoms with Crippen molar-refractivity contribution in [2.24, 2.45) is 0 Å². The highest BCUT2D eigenvalue weighted by Crippen LogP contribution is 2.21. The molecule has 1 aromatic carbocycles. The minimum Gasteiger partial charge on any atom is -0.507 e. The largest absolute Gasteiger partial charge is 0.507 e. The molecular weight excluding hydrogens is 252 g/mol. The highest BCUT2D eigenvalue weighted by atomic mass is 35.5. The molecule has 1 amide bonds. The van der Waals surface area contributed by atoms with Crippen LogP contribution in [0.15, 0.2) is 18.2 Å². The normalized spacial score (nSPS) is 12.5. The first-order chi connectivity index (χ1) is 8.40. The molecule has 2 N–H and O–H groups in total. The van der Waals surface area contributed by atoms with Gasteiger partial charge in [0.05, 0.1) is 5.56 Å². The number of hydrogen-bond donors (Lipinski definition) is 2. The number of amides is 1. The van der Waals surface area contributed by atoms with Gasteiger partial charge in [0.2, 0.25) is 0 Å². The highest BCUT2D eigenvalue weighted by Gasteiger charge is 2.14. The number of benzene rings is 1. The van der Waals surface area contributed by atoms with Crippen molar-refractivity contribution in [3.63, 3.8) is 0 Å². The molecule has 0 fully saturated rings. The monoisotopic (exact) mass is 270 g/mol. The average molecular weight is 271 g/mol. The van der Waals surface area contributed by atoms with Gasteiger partial charge >= 0.3 is 0 Å². The van der Waals surface area contributed by atoms with E-state index in [0.29, 0.717) is 5.02 Å². The smallest absolute Gasteiger partial charge is 0.255 e. The van der Waals surface area contributed by atoms with Crippen LogP contribution < -0.4 is 5.32 Å². The lowest BCUT2D eigenvalue weighted by molar-refractivity contribution is 0.0934. The van der Waals surface area contributed by atoms with Crippen molar-refractivity contribution in [2.75, 3.05) is 20.6 Å². The number of hydrogen-bond acceptors (Lipinski definition) is 3. The molecule has 0 bridgehead atoms. The SMILES string of the molecule is CC(CCN(C)C)NC(=O)c1cc(Cl)ccc1O. The van der Waals surface area contributed by atoms with Crippen LogP contribution in [0.2, 0.25) is 5.02 Å². The Kier molecular flexibility index (Phi) is 5.44. The van der Waals surface area contributed by atoms with Gasteiger partial charge in [0.25, 0.3) is 5.91 Å². The molecule has 0 spiro atoms. The third-order valence-corrected chi connectivity index (χ3v) is 2.83. The van der Waals surface area contributed by atoms with Gasteiger partial charge in [-0.3, -0.25) is 4.79 Å². The quantitative estimate of drug-likeness (QED) is 0.862. The van der Waals surface area contributed by atoms with Crippen LogP contribution in [0.5, 0.6) is 5.75 Å². The van der Waals surface area contributed by atoms with E-state index in [0.717, 1.165) is 13.0 Å². The second-order valence-electron chi connectivity index (χ2n) is 4.63. The molecule has 0 radical (unpaired) electrons. The summed E-state index contributed by atoms with van der Waals surface area (Å²) in [5.41, 5.74) is 0.208. The van der Waals surface area contributed by atoms with Gasteiger partial charge in [-0.1, -0.05) is 11.6 Å². The Morgan fingerprint density at radius 3 is 2.78 bits per heavy atom. The molecule has 1 unspecified atom stereocenters. The van der Waals surface area contributed by atoms with E-state index in [-0.39, 0.29) is 23.3 Å². The molecule has 5 heteroatoms. The number of carbonyl (C=O) groups is 1. The highest BCUT2D eigenvalue weighted by molar-refractivity contribution is 6.31. The number of carbonyl (C=O) groups excluding carboxylic acids is 1. The summed E-state index contributed by atoms with van der Waals surface area (Å²) in [6.07, 6.45) is 0.847. The zero-order chi connectivity index (χ0) is 13.7. The van der Waals surface area contributed by atoms with Gasteiger partial charge in [-0.15, -0.1) is 0 Å². The van der Waals surface area contributed by atoms with Gasteiger partial charge < -0.3 is 15.3 Å². The minimum absolute atomic E-state index is 0.0401. The van der Waals surface area contributed by atoms with Gasteiger partial charge in [0.1, 0.15) is 5.75 Å². The number of phenolic OH excluding ortho intramolecular Hbond substituents is 1. The zero-order valence-electron chi connectivity index (χ0n) is 10.9. The standard InChI is InChI=1S/C13H19ClN2O2/c1-9(6-7-16(2)3)15-13(18)11-8-10(14)4-5-12(11)17/h4-5,8-9,17H,6-7H2,1-3H3,(H,15,18). The van der Waals surface area contributed by atoms with Crippen molar-refractivity contribution in [1.29, 1.82) is 0 Å². The van der Waals surface area contributed by atoms with Crippen LogP contribution in [0.25, 0.3) is 0 Å². The fourth-order valence-corrected chi connectivity index (χ4v) is 1.69. The average Bonchev–Trinajstić information content (AvgIpc) is 2.29. The van der Waals surface area contributed by atoms with Crippen molar-refractivity contribution in [3.05, 3.63) is 28.8 Å². The second-order valence-corrected chi connectivity index (χ2v) is 5.06. The maximum Gasteiger partial charge on any atom is 0.255 e. The van der Waals surface area contributed by atoms with E-state index in [2.05, 4.69) is 10.2 Å². The van der Waals surface area contributed by atoms with E-state index < -0.39 is 0 Å². The molecule has 0 heterocycles. The summed E-state index contributed by atoms with van der Waals surface area (Å²) >= 11 is 5.80. The van der Waals surface area contributed by atoms with Gasteiger partial charge in [-0.05, 0) is 52.2 Å². The van der Waals surface area contributed by atoms with E-state index in [1.54, 1.807) is 6.07 Å². The molecule has 0 saturated carbocycles. The van der Waals surface area contributed by atoms with Gasteiger partial charge in [0, 0.05) is 11.1 Å². The molecule has 1 rings (SSSR count). The molecule has 0 aliphatic heterocycles. The van der Waals surface area contributed by atoms with E-state index in [9.17, 15) is 9.90 Å². The lowest BCUT2D eigenvalue weighted by Crippen LogP contribution is -2.34. The minimum atomic E-state index is -0.304. The number of nitrogens with zero attached hydrogens (tertiary/aromatic N) is 1. The number of aromatic hydroxyl groups is 1. The predicted octanol–water partition coefficient (Wildman–Crippen LogP) is 2.12. The topological polar surface area (TPSA) is 52.6 Å². The van der Waals surface area contributed by atoms with Crippen molar-refractivity contribution in [1.82, 2.24) is 10.2 Å². The summed E-state index contributed by atoms with van der Waals surface area (Å²) < 4.78 is 0. The van der Waals surface area contributed by atoms with Crippen molar-refractivity contribution < 1.29 is 9.90 Å². The first-order valence-electron chi connectivity index (χ1n) is 5.84. The molecule has 0 aliphatic rings. The maximum atomic E-state index is 11.9. The van der Waals surface area contributed by atoms with Gasteiger partial charge in [0.15, 0.2) is 0 Å². The van der Waals surface area contributed by atoms with E-state index in [4.69, 9.17) is 11.6 Å². The molecule has 1 atom stereocenters. The lowest BCUT2D eigenvalue weighted by atomic mass is 10.1. The lowest BCUT2D eigenvalue weighted by Gasteiger charge is -2.17. The number of rotatable bonds is 5. The van der Waals surface area contributed by atoms with Crippen LogP contribution in [0, 0.1) is 0 Å².